The van der Waals surface area contributed by atoms with Crippen LogP contribution in [-0.2, 0) is 16.9 Å². The normalized spacial score (nSPS) is 11.4. The molecule has 0 radical (unpaired) electrons. The summed E-state index contributed by atoms with van der Waals surface area (Å²) in [6, 6.07) is 16.6. The first-order valence-electron chi connectivity index (χ1n) is 7.81. The van der Waals surface area contributed by atoms with Crippen molar-refractivity contribution in [3.05, 3.63) is 83.4 Å². The molecule has 0 amide bonds. The predicted octanol–water partition coefficient (Wildman–Crippen LogP) is 5.94. The molecule has 0 aliphatic heterocycles. The Hall–Kier alpha value is -1.59. The minimum atomic E-state index is -2.30. The van der Waals surface area contributed by atoms with Crippen LogP contribution in [0.4, 0.5) is 0 Å². The van der Waals surface area contributed by atoms with Crippen molar-refractivity contribution in [1.29, 1.82) is 0 Å². The molecule has 0 fully saturated rings. The average molecular weight is 312 g/mol. The van der Waals surface area contributed by atoms with Crippen LogP contribution >= 0.6 is 7.14 Å². The van der Waals surface area contributed by atoms with E-state index in [2.05, 4.69) is 44.7 Å². The Morgan fingerprint density at radius 1 is 0.909 bits per heavy atom. The van der Waals surface area contributed by atoms with Crippen LogP contribution in [0.2, 0.25) is 0 Å². The number of benzene rings is 2. The highest BCUT2D eigenvalue weighted by molar-refractivity contribution is 7.62. The average Bonchev–Trinajstić information content (AvgIpc) is 2.50. The molecule has 116 valence electrons. The SMILES string of the molecule is C=CCCP(=O)(Cc1ccccc1C)Cc1ccccc1C. The molecule has 1 nitrogen and oxygen atoms in total. The Balaban J connectivity index is 2.28. The molecular weight excluding hydrogens is 287 g/mol. The van der Waals surface area contributed by atoms with Gasteiger partial charge in [0.15, 0.2) is 0 Å². The van der Waals surface area contributed by atoms with Crippen LogP contribution in [0.1, 0.15) is 28.7 Å². The van der Waals surface area contributed by atoms with E-state index in [1.807, 2.05) is 30.3 Å². The maximum atomic E-state index is 13.6. The lowest BCUT2D eigenvalue weighted by molar-refractivity contribution is 0.572. The summed E-state index contributed by atoms with van der Waals surface area (Å²) < 4.78 is 13.6. The fraction of sp³-hybridized carbons (Fsp3) is 0.300. The van der Waals surface area contributed by atoms with Crippen molar-refractivity contribution in [3.8, 4) is 0 Å². The predicted molar refractivity (Wildman–Crippen MR) is 97.1 cm³/mol. The van der Waals surface area contributed by atoms with E-state index in [9.17, 15) is 4.57 Å². The maximum Gasteiger partial charge on any atom is 0.0964 e. The van der Waals surface area contributed by atoms with Gasteiger partial charge in [0.25, 0.3) is 0 Å². The van der Waals surface area contributed by atoms with E-state index in [1.54, 1.807) is 0 Å². The van der Waals surface area contributed by atoms with E-state index in [1.165, 1.54) is 22.3 Å². The zero-order valence-electron chi connectivity index (χ0n) is 13.6. The molecule has 2 heteroatoms. The number of rotatable bonds is 7. The van der Waals surface area contributed by atoms with Crippen molar-refractivity contribution in [3.63, 3.8) is 0 Å². The highest BCUT2D eigenvalue weighted by atomic mass is 31.2. The molecule has 0 aromatic heterocycles. The van der Waals surface area contributed by atoms with E-state index in [4.69, 9.17) is 0 Å². The molecule has 0 atom stereocenters. The lowest BCUT2D eigenvalue weighted by Gasteiger charge is -2.20. The number of allylic oxidation sites excluding steroid dienone is 1. The van der Waals surface area contributed by atoms with E-state index in [0.29, 0.717) is 12.3 Å². The Labute approximate surface area is 134 Å². The molecule has 2 rings (SSSR count). The fourth-order valence-electron chi connectivity index (χ4n) is 2.74. The second-order valence-electron chi connectivity index (χ2n) is 6.03. The summed E-state index contributed by atoms with van der Waals surface area (Å²) in [6.07, 6.45) is 4.79. The van der Waals surface area contributed by atoms with Gasteiger partial charge in [0.1, 0.15) is 0 Å². The third-order valence-corrected chi connectivity index (χ3v) is 7.09. The molecule has 2 aromatic carbocycles. The third-order valence-electron chi connectivity index (χ3n) is 4.18. The van der Waals surface area contributed by atoms with Gasteiger partial charge in [0.2, 0.25) is 0 Å². The summed E-state index contributed by atoms with van der Waals surface area (Å²) in [6.45, 7) is 7.99. The Morgan fingerprint density at radius 3 is 1.77 bits per heavy atom. The second kappa shape index (κ2) is 7.61. The molecule has 2 aromatic rings. The Bertz CT molecular complexity index is 636. The highest BCUT2D eigenvalue weighted by Gasteiger charge is 2.23. The van der Waals surface area contributed by atoms with Gasteiger partial charge in [-0.2, -0.15) is 0 Å². The Morgan fingerprint density at radius 2 is 1.36 bits per heavy atom. The van der Waals surface area contributed by atoms with Gasteiger partial charge in [-0.05, 0) is 42.5 Å². The van der Waals surface area contributed by atoms with Crippen molar-refractivity contribution < 1.29 is 4.57 Å². The van der Waals surface area contributed by atoms with Gasteiger partial charge in [0.05, 0.1) is 7.14 Å². The van der Waals surface area contributed by atoms with Crippen molar-refractivity contribution in [1.82, 2.24) is 0 Å². The van der Waals surface area contributed by atoms with Crippen molar-refractivity contribution in [2.45, 2.75) is 32.6 Å². The fourth-order valence-corrected chi connectivity index (χ4v) is 5.77. The maximum absolute atomic E-state index is 13.6. The largest absolute Gasteiger partial charge is 0.323 e. The van der Waals surface area contributed by atoms with Gasteiger partial charge >= 0.3 is 0 Å². The van der Waals surface area contributed by atoms with Crippen LogP contribution in [0, 0.1) is 13.8 Å². The summed E-state index contributed by atoms with van der Waals surface area (Å²) in [5, 5.41) is 0. The van der Waals surface area contributed by atoms with Crippen LogP contribution in [-0.4, -0.2) is 6.16 Å². The number of hydrogen-bond donors (Lipinski definition) is 0. The monoisotopic (exact) mass is 312 g/mol. The van der Waals surface area contributed by atoms with Gasteiger partial charge in [-0.15, -0.1) is 6.58 Å². The molecule has 0 unspecified atom stereocenters. The van der Waals surface area contributed by atoms with Gasteiger partial charge in [0, 0.05) is 18.5 Å². The molecule has 0 aliphatic rings. The van der Waals surface area contributed by atoms with E-state index in [0.717, 1.165) is 12.6 Å². The summed E-state index contributed by atoms with van der Waals surface area (Å²) >= 11 is 0. The minimum absolute atomic E-state index is 0.682. The summed E-state index contributed by atoms with van der Waals surface area (Å²) in [5.41, 5.74) is 4.88. The molecule has 0 heterocycles. The topological polar surface area (TPSA) is 17.1 Å². The van der Waals surface area contributed by atoms with E-state index in [-0.39, 0.29) is 0 Å². The molecule has 22 heavy (non-hydrogen) atoms. The summed E-state index contributed by atoms with van der Waals surface area (Å²) in [5.74, 6) is 0. The Kier molecular flexibility index (Phi) is 5.80. The zero-order chi connectivity index (χ0) is 16.0. The van der Waals surface area contributed by atoms with Crippen LogP contribution in [0.5, 0.6) is 0 Å². The lowest BCUT2D eigenvalue weighted by Crippen LogP contribution is -2.00. The standard InChI is InChI=1S/C20H25OP/c1-4-5-14-22(21,15-19-12-8-6-10-17(19)2)16-20-13-9-7-11-18(20)3/h4,6-13H,1,5,14-16H2,2-3H3. The molecule has 0 saturated heterocycles. The smallest absolute Gasteiger partial charge is 0.0964 e. The third kappa shape index (κ3) is 4.45. The molecular formula is C20H25OP. The minimum Gasteiger partial charge on any atom is -0.323 e. The first kappa shape index (κ1) is 16.8. The van der Waals surface area contributed by atoms with Gasteiger partial charge in [-0.1, -0.05) is 54.6 Å². The molecule has 0 aliphatic carbocycles. The summed E-state index contributed by atoms with van der Waals surface area (Å²) in [4.78, 5) is 0. The van der Waals surface area contributed by atoms with Gasteiger partial charge in [-0.3, -0.25) is 0 Å². The van der Waals surface area contributed by atoms with E-state index < -0.39 is 7.14 Å². The van der Waals surface area contributed by atoms with Gasteiger partial charge in [-0.25, -0.2) is 0 Å². The lowest BCUT2D eigenvalue weighted by atomic mass is 10.1. The molecule has 0 bridgehead atoms. The highest BCUT2D eigenvalue weighted by Crippen LogP contribution is 2.53. The first-order valence-corrected chi connectivity index (χ1v) is 10.1. The van der Waals surface area contributed by atoms with Crippen molar-refractivity contribution in [2.75, 3.05) is 6.16 Å². The van der Waals surface area contributed by atoms with Crippen LogP contribution in [0.25, 0.3) is 0 Å². The van der Waals surface area contributed by atoms with Crippen LogP contribution in [0.15, 0.2) is 61.2 Å². The summed E-state index contributed by atoms with van der Waals surface area (Å²) in [7, 11) is -2.30. The number of aryl methyl sites for hydroxylation is 2. The first-order chi connectivity index (χ1) is 10.5. The molecule has 0 saturated carbocycles. The van der Waals surface area contributed by atoms with Gasteiger partial charge < -0.3 is 4.57 Å². The number of hydrogen-bond acceptors (Lipinski definition) is 1. The molecule has 0 N–H and O–H groups in total. The zero-order valence-corrected chi connectivity index (χ0v) is 14.5. The van der Waals surface area contributed by atoms with Crippen LogP contribution < -0.4 is 0 Å². The van der Waals surface area contributed by atoms with Crippen LogP contribution in [0.3, 0.4) is 0 Å². The molecule has 0 spiro atoms. The second-order valence-corrected chi connectivity index (χ2v) is 9.22. The quantitative estimate of drug-likeness (QED) is 0.456. The van der Waals surface area contributed by atoms with Crippen molar-refractivity contribution >= 4 is 7.14 Å². The van der Waals surface area contributed by atoms with E-state index >= 15 is 0 Å². The van der Waals surface area contributed by atoms with Crippen molar-refractivity contribution in [2.24, 2.45) is 0 Å².